The van der Waals surface area contributed by atoms with Crippen molar-refractivity contribution >= 4 is 11.6 Å². The third-order valence-corrected chi connectivity index (χ3v) is 2.17. The van der Waals surface area contributed by atoms with Crippen LogP contribution >= 0.6 is 11.6 Å². The third kappa shape index (κ3) is 2.46. The standard InChI is InChI=1S/C8H11ClN2O3/c1-5-2-7(13)10-8(14)11(5)4-6(12)3-9/h2,6,12H,3-4H2,1H3,(H,10,13,14). The Morgan fingerprint density at radius 3 is 2.79 bits per heavy atom. The minimum atomic E-state index is -0.793. The largest absolute Gasteiger partial charge is 0.390 e. The maximum atomic E-state index is 11.3. The fourth-order valence-corrected chi connectivity index (χ4v) is 1.22. The molecule has 0 aliphatic rings. The van der Waals surface area contributed by atoms with Gasteiger partial charge < -0.3 is 5.11 Å². The number of nitrogens with zero attached hydrogens (tertiary/aromatic N) is 1. The molecular weight excluding hydrogens is 208 g/mol. The van der Waals surface area contributed by atoms with E-state index in [1.54, 1.807) is 6.92 Å². The second kappa shape index (κ2) is 4.43. The van der Waals surface area contributed by atoms with E-state index in [2.05, 4.69) is 4.98 Å². The highest BCUT2D eigenvalue weighted by Gasteiger charge is 2.07. The SMILES string of the molecule is Cc1cc(=O)[nH]c(=O)n1CC(O)CCl. The van der Waals surface area contributed by atoms with Crippen LogP contribution in [0.1, 0.15) is 5.69 Å². The zero-order valence-electron chi connectivity index (χ0n) is 7.66. The molecule has 78 valence electrons. The minimum Gasteiger partial charge on any atom is -0.390 e. The van der Waals surface area contributed by atoms with E-state index in [1.165, 1.54) is 10.6 Å². The van der Waals surface area contributed by atoms with Crippen LogP contribution in [0.4, 0.5) is 0 Å². The molecule has 0 spiro atoms. The van der Waals surface area contributed by atoms with Crippen molar-refractivity contribution in [1.82, 2.24) is 9.55 Å². The second-order valence-electron chi connectivity index (χ2n) is 3.00. The molecule has 0 radical (unpaired) electrons. The number of H-pyrrole nitrogens is 1. The lowest BCUT2D eigenvalue weighted by atomic mass is 10.3. The molecule has 0 saturated carbocycles. The van der Waals surface area contributed by atoms with E-state index in [0.717, 1.165) is 0 Å². The van der Waals surface area contributed by atoms with Gasteiger partial charge in [0.15, 0.2) is 0 Å². The topological polar surface area (TPSA) is 75.1 Å². The summed E-state index contributed by atoms with van der Waals surface area (Å²) in [6, 6.07) is 1.29. The Morgan fingerprint density at radius 1 is 1.64 bits per heavy atom. The number of hydrogen-bond acceptors (Lipinski definition) is 3. The lowest BCUT2D eigenvalue weighted by Gasteiger charge is -2.11. The number of nitrogens with one attached hydrogen (secondary N) is 1. The lowest BCUT2D eigenvalue weighted by Crippen LogP contribution is -2.34. The van der Waals surface area contributed by atoms with E-state index in [9.17, 15) is 14.7 Å². The first kappa shape index (κ1) is 11.0. The summed E-state index contributed by atoms with van der Waals surface area (Å²) in [5, 5.41) is 9.25. The van der Waals surface area contributed by atoms with Gasteiger partial charge in [0.05, 0.1) is 18.5 Å². The average Bonchev–Trinajstić information content (AvgIpc) is 2.10. The van der Waals surface area contributed by atoms with Gasteiger partial charge in [0.1, 0.15) is 0 Å². The fraction of sp³-hybridized carbons (Fsp3) is 0.500. The van der Waals surface area contributed by atoms with Crippen LogP contribution in [0.3, 0.4) is 0 Å². The zero-order chi connectivity index (χ0) is 10.7. The van der Waals surface area contributed by atoms with Crippen LogP contribution in [0.25, 0.3) is 0 Å². The van der Waals surface area contributed by atoms with E-state index in [1.807, 2.05) is 0 Å². The van der Waals surface area contributed by atoms with E-state index >= 15 is 0 Å². The summed E-state index contributed by atoms with van der Waals surface area (Å²) in [7, 11) is 0. The first-order valence-electron chi connectivity index (χ1n) is 4.09. The Hall–Kier alpha value is -1.07. The molecule has 0 fully saturated rings. The molecule has 0 amide bonds. The van der Waals surface area contributed by atoms with Gasteiger partial charge in [-0.05, 0) is 6.92 Å². The molecule has 14 heavy (non-hydrogen) atoms. The van der Waals surface area contributed by atoms with Gasteiger partial charge in [-0.15, -0.1) is 11.6 Å². The smallest absolute Gasteiger partial charge is 0.328 e. The predicted molar refractivity (Wildman–Crippen MR) is 52.8 cm³/mol. The number of rotatable bonds is 3. The van der Waals surface area contributed by atoms with Crippen molar-refractivity contribution in [1.29, 1.82) is 0 Å². The van der Waals surface area contributed by atoms with Crippen LogP contribution in [-0.2, 0) is 6.54 Å². The van der Waals surface area contributed by atoms with Gasteiger partial charge in [-0.3, -0.25) is 14.3 Å². The molecule has 1 unspecified atom stereocenters. The van der Waals surface area contributed by atoms with Crippen molar-refractivity contribution in [2.24, 2.45) is 0 Å². The van der Waals surface area contributed by atoms with E-state index in [0.29, 0.717) is 5.69 Å². The maximum Gasteiger partial charge on any atom is 0.328 e. The van der Waals surface area contributed by atoms with Gasteiger partial charge in [0.2, 0.25) is 0 Å². The third-order valence-electron chi connectivity index (χ3n) is 1.81. The molecule has 0 aliphatic heterocycles. The van der Waals surface area contributed by atoms with Gasteiger partial charge in [-0.25, -0.2) is 4.79 Å². The summed E-state index contributed by atoms with van der Waals surface area (Å²) in [4.78, 5) is 24.2. The van der Waals surface area contributed by atoms with Gasteiger partial charge in [-0.2, -0.15) is 0 Å². The highest BCUT2D eigenvalue weighted by atomic mass is 35.5. The predicted octanol–water partition coefficient (Wildman–Crippen LogP) is -0.555. The van der Waals surface area contributed by atoms with Crippen LogP contribution in [0, 0.1) is 6.92 Å². The number of aryl methyl sites for hydroxylation is 1. The molecule has 1 aromatic rings. The normalized spacial score (nSPS) is 12.8. The Kier molecular flexibility index (Phi) is 3.49. The first-order chi connectivity index (χ1) is 6.54. The number of aliphatic hydroxyl groups excluding tert-OH is 1. The summed E-state index contributed by atoms with van der Waals surface area (Å²) >= 11 is 5.40. The Bertz CT molecular complexity index is 423. The molecule has 1 atom stereocenters. The molecule has 0 bridgehead atoms. The first-order valence-corrected chi connectivity index (χ1v) is 4.63. The van der Waals surface area contributed by atoms with Crippen molar-refractivity contribution in [2.75, 3.05) is 5.88 Å². The summed E-state index contributed by atoms with van der Waals surface area (Å²) in [6.45, 7) is 1.71. The summed E-state index contributed by atoms with van der Waals surface area (Å²) in [5.74, 6) is 0.0466. The van der Waals surface area contributed by atoms with Crippen LogP contribution in [0.5, 0.6) is 0 Å². The zero-order valence-corrected chi connectivity index (χ0v) is 8.41. The van der Waals surface area contributed by atoms with Gasteiger partial charge in [0.25, 0.3) is 5.56 Å². The van der Waals surface area contributed by atoms with Crippen molar-refractivity contribution in [2.45, 2.75) is 19.6 Å². The van der Waals surface area contributed by atoms with Crippen LogP contribution < -0.4 is 11.2 Å². The molecule has 1 rings (SSSR count). The van der Waals surface area contributed by atoms with E-state index in [4.69, 9.17) is 11.6 Å². The summed E-state index contributed by atoms with van der Waals surface area (Å²) in [6.07, 6.45) is -0.793. The molecule has 0 aliphatic carbocycles. The number of hydrogen-bond donors (Lipinski definition) is 2. The van der Waals surface area contributed by atoms with E-state index in [-0.39, 0.29) is 12.4 Å². The Balaban J connectivity index is 3.09. The second-order valence-corrected chi connectivity index (χ2v) is 3.31. The average molecular weight is 219 g/mol. The lowest BCUT2D eigenvalue weighted by molar-refractivity contribution is 0.173. The van der Waals surface area contributed by atoms with Gasteiger partial charge >= 0.3 is 5.69 Å². The molecule has 1 aromatic heterocycles. The van der Waals surface area contributed by atoms with Crippen LogP contribution in [0.2, 0.25) is 0 Å². The number of aromatic amines is 1. The minimum absolute atomic E-state index is 0.0466. The summed E-state index contributed by atoms with van der Waals surface area (Å²) in [5.41, 5.74) is -0.466. The van der Waals surface area contributed by atoms with Gasteiger partial charge in [0, 0.05) is 11.8 Å². The maximum absolute atomic E-state index is 11.3. The molecule has 0 saturated heterocycles. The quantitative estimate of drug-likeness (QED) is 0.669. The van der Waals surface area contributed by atoms with Crippen LogP contribution in [-0.4, -0.2) is 26.6 Å². The number of alkyl halides is 1. The van der Waals surface area contributed by atoms with Crippen LogP contribution in [0.15, 0.2) is 15.7 Å². The van der Waals surface area contributed by atoms with E-state index < -0.39 is 17.4 Å². The molecular formula is C8H11ClN2O3. The molecule has 2 N–H and O–H groups in total. The number of halogens is 1. The Morgan fingerprint density at radius 2 is 2.29 bits per heavy atom. The molecule has 0 aromatic carbocycles. The molecule has 1 heterocycles. The highest BCUT2D eigenvalue weighted by molar-refractivity contribution is 6.18. The fourth-order valence-electron chi connectivity index (χ4n) is 1.12. The van der Waals surface area contributed by atoms with Crippen molar-refractivity contribution in [3.05, 3.63) is 32.6 Å². The van der Waals surface area contributed by atoms with Crippen molar-refractivity contribution in [3.8, 4) is 0 Å². The highest BCUT2D eigenvalue weighted by Crippen LogP contribution is 1.94. The number of aromatic nitrogens is 2. The van der Waals surface area contributed by atoms with Gasteiger partial charge in [-0.1, -0.05) is 0 Å². The van der Waals surface area contributed by atoms with Crippen molar-refractivity contribution in [3.63, 3.8) is 0 Å². The monoisotopic (exact) mass is 218 g/mol. The number of aliphatic hydroxyl groups is 1. The molecule has 5 nitrogen and oxygen atoms in total. The Labute approximate surface area is 85.0 Å². The summed E-state index contributed by atoms with van der Waals surface area (Å²) < 4.78 is 1.27. The molecule has 6 heteroatoms. The van der Waals surface area contributed by atoms with Crippen molar-refractivity contribution < 1.29 is 5.11 Å².